The normalized spacial score (nSPS) is 11.8. The van der Waals surface area contributed by atoms with Gasteiger partial charge in [0.2, 0.25) is 5.76 Å². The van der Waals surface area contributed by atoms with Gasteiger partial charge in [0.1, 0.15) is 0 Å². The van der Waals surface area contributed by atoms with Crippen molar-refractivity contribution >= 4 is 35.1 Å². The highest BCUT2D eigenvalue weighted by atomic mass is 35.5. The summed E-state index contributed by atoms with van der Waals surface area (Å²) in [4.78, 5) is 23.5. The lowest BCUT2D eigenvalue weighted by Gasteiger charge is -2.14. The predicted molar refractivity (Wildman–Crippen MR) is 84.5 cm³/mol. The van der Waals surface area contributed by atoms with Crippen LogP contribution in [0.5, 0.6) is 0 Å². The van der Waals surface area contributed by atoms with E-state index in [2.05, 4.69) is 10.5 Å². The molecule has 23 heavy (non-hydrogen) atoms. The average molecular weight is 357 g/mol. The van der Waals surface area contributed by atoms with Crippen LogP contribution in [0.2, 0.25) is 10.0 Å². The third-order valence-electron chi connectivity index (χ3n) is 2.98. The Kier molecular flexibility index (Phi) is 5.63. The molecule has 0 radical (unpaired) electrons. The highest BCUT2D eigenvalue weighted by Crippen LogP contribution is 2.25. The molecule has 122 valence electrons. The maximum absolute atomic E-state index is 11.8. The molecule has 0 aliphatic carbocycles. The van der Waals surface area contributed by atoms with Gasteiger partial charge < -0.3 is 14.6 Å². The number of carbonyl (C=O) groups is 2. The van der Waals surface area contributed by atoms with E-state index in [1.54, 1.807) is 32.0 Å². The van der Waals surface area contributed by atoms with Crippen molar-refractivity contribution in [2.45, 2.75) is 19.9 Å². The molecular formula is C15H14Cl2N2O4. The van der Waals surface area contributed by atoms with Crippen LogP contribution in [0.1, 0.15) is 34.8 Å². The summed E-state index contributed by atoms with van der Waals surface area (Å²) < 4.78 is 9.60. The van der Waals surface area contributed by atoms with Gasteiger partial charge in [-0.05, 0) is 31.5 Å². The number of nitrogens with zero attached hydrogens (tertiary/aromatic N) is 1. The third-order valence-corrected chi connectivity index (χ3v) is 3.72. The second-order valence-electron chi connectivity index (χ2n) is 4.87. The quantitative estimate of drug-likeness (QED) is 0.831. The monoisotopic (exact) mass is 356 g/mol. The van der Waals surface area contributed by atoms with Crippen LogP contribution in [-0.2, 0) is 9.53 Å². The van der Waals surface area contributed by atoms with Crippen molar-refractivity contribution in [3.05, 3.63) is 51.3 Å². The molecule has 1 heterocycles. The SMILES string of the molecule is Cc1cc(C(=O)OCC(=O)N[C@H](C)c2ccc(Cl)c(Cl)c2)on1. The van der Waals surface area contributed by atoms with E-state index >= 15 is 0 Å². The fourth-order valence-electron chi connectivity index (χ4n) is 1.81. The summed E-state index contributed by atoms with van der Waals surface area (Å²) in [7, 11) is 0. The van der Waals surface area contributed by atoms with Crippen LogP contribution in [0.25, 0.3) is 0 Å². The summed E-state index contributed by atoms with van der Waals surface area (Å²) in [5, 5.41) is 7.10. The van der Waals surface area contributed by atoms with E-state index in [-0.39, 0.29) is 11.8 Å². The Morgan fingerprint density at radius 1 is 1.30 bits per heavy atom. The van der Waals surface area contributed by atoms with Gasteiger partial charge >= 0.3 is 5.97 Å². The molecular weight excluding hydrogens is 343 g/mol. The van der Waals surface area contributed by atoms with Gasteiger partial charge in [-0.3, -0.25) is 4.79 Å². The number of aryl methyl sites for hydroxylation is 1. The van der Waals surface area contributed by atoms with Gasteiger partial charge in [-0.15, -0.1) is 0 Å². The van der Waals surface area contributed by atoms with Gasteiger partial charge in [-0.1, -0.05) is 34.4 Å². The van der Waals surface area contributed by atoms with E-state index in [1.807, 2.05) is 0 Å². The lowest BCUT2D eigenvalue weighted by Crippen LogP contribution is -2.31. The number of esters is 1. The van der Waals surface area contributed by atoms with Gasteiger partial charge in [-0.25, -0.2) is 4.79 Å². The standard InChI is InChI=1S/C15H14Cl2N2O4/c1-8-5-13(23-19-8)15(21)22-7-14(20)18-9(2)10-3-4-11(16)12(17)6-10/h3-6,9H,7H2,1-2H3,(H,18,20)/t9-/m1/s1. The van der Waals surface area contributed by atoms with E-state index in [0.29, 0.717) is 15.7 Å². The summed E-state index contributed by atoms with van der Waals surface area (Å²) in [6.45, 7) is 3.02. The molecule has 8 heteroatoms. The first-order chi connectivity index (χ1) is 10.9. The van der Waals surface area contributed by atoms with Crippen LogP contribution >= 0.6 is 23.2 Å². The molecule has 1 atom stereocenters. The predicted octanol–water partition coefficient (Wildman–Crippen LogP) is 3.32. The minimum Gasteiger partial charge on any atom is -0.450 e. The molecule has 1 amide bonds. The Labute approximate surface area is 142 Å². The summed E-state index contributed by atoms with van der Waals surface area (Å²) in [5.74, 6) is -1.25. The summed E-state index contributed by atoms with van der Waals surface area (Å²) in [6, 6.07) is 6.18. The largest absolute Gasteiger partial charge is 0.450 e. The Morgan fingerprint density at radius 2 is 2.04 bits per heavy atom. The zero-order valence-electron chi connectivity index (χ0n) is 12.4. The lowest BCUT2D eigenvalue weighted by molar-refractivity contribution is -0.124. The number of halogens is 2. The smallest absolute Gasteiger partial charge is 0.377 e. The Morgan fingerprint density at radius 3 is 2.65 bits per heavy atom. The van der Waals surface area contributed by atoms with Gasteiger partial charge in [0.15, 0.2) is 6.61 Å². The van der Waals surface area contributed by atoms with Crippen molar-refractivity contribution in [3.63, 3.8) is 0 Å². The van der Waals surface area contributed by atoms with E-state index in [9.17, 15) is 9.59 Å². The molecule has 0 saturated heterocycles. The molecule has 2 rings (SSSR count). The van der Waals surface area contributed by atoms with Crippen LogP contribution in [0.3, 0.4) is 0 Å². The minimum atomic E-state index is -0.747. The molecule has 6 nitrogen and oxygen atoms in total. The molecule has 1 N–H and O–H groups in total. The average Bonchev–Trinajstić information content (AvgIpc) is 2.94. The first-order valence-corrected chi connectivity index (χ1v) is 7.47. The van der Waals surface area contributed by atoms with Gasteiger partial charge in [0.05, 0.1) is 21.8 Å². The molecule has 0 spiro atoms. The van der Waals surface area contributed by atoms with E-state index in [4.69, 9.17) is 32.5 Å². The number of hydrogen-bond acceptors (Lipinski definition) is 5. The Balaban J connectivity index is 1.86. The fraction of sp³-hybridized carbons (Fsp3) is 0.267. The molecule has 1 aromatic carbocycles. The number of benzene rings is 1. The van der Waals surface area contributed by atoms with Gasteiger partial charge in [-0.2, -0.15) is 0 Å². The highest BCUT2D eigenvalue weighted by Gasteiger charge is 2.16. The lowest BCUT2D eigenvalue weighted by atomic mass is 10.1. The molecule has 0 bridgehead atoms. The van der Waals surface area contributed by atoms with Crippen molar-refractivity contribution in [2.24, 2.45) is 0 Å². The number of ether oxygens (including phenoxy) is 1. The maximum atomic E-state index is 11.8. The van der Waals surface area contributed by atoms with Gasteiger partial charge in [0.25, 0.3) is 5.91 Å². The molecule has 0 saturated carbocycles. The minimum absolute atomic E-state index is 0.0483. The molecule has 0 unspecified atom stereocenters. The first kappa shape index (κ1) is 17.3. The fourth-order valence-corrected chi connectivity index (χ4v) is 2.12. The molecule has 1 aromatic heterocycles. The number of rotatable bonds is 5. The van der Waals surface area contributed by atoms with Crippen LogP contribution in [0.4, 0.5) is 0 Å². The van der Waals surface area contributed by atoms with E-state index < -0.39 is 18.5 Å². The second-order valence-corrected chi connectivity index (χ2v) is 5.69. The maximum Gasteiger partial charge on any atom is 0.377 e. The molecule has 0 aliphatic heterocycles. The number of nitrogens with one attached hydrogen (secondary N) is 1. The summed E-state index contributed by atoms with van der Waals surface area (Å²) in [5.41, 5.74) is 1.33. The second kappa shape index (κ2) is 7.48. The number of amides is 1. The zero-order valence-corrected chi connectivity index (χ0v) is 13.9. The Hall–Kier alpha value is -2.05. The van der Waals surface area contributed by atoms with Crippen molar-refractivity contribution in [1.29, 1.82) is 0 Å². The van der Waals surface area contributed by atoms with E-state index in [0.717, 1.165) is 5.56 Å². The highest BCUT2D eigenvalue weighted by molar-refractivity contribution is 6.42. The van der Waals surface area contributed by atoms with Crippen molar-refractivity contribution in [3.8, 4) is 0 Å². The number of aromatic nitrogens is 1. The van der Waals surface area contributed by atoms with Crippen molar-refractivity contribution in [2.75, 3.05) is 6.61 Å². The van der Waals surface area contributed by atoms with E-state index in [1.165, 1.54) is 6.07 Å². The number of carbonyl (C=O) groups excluding carboxylic acids is 2. The van der Waals surface area contributed by atoms with Crippen LogP contribution in [-0.4, -0.2) is 23.6 Å². The number of hydrogen-bond donors (Lipinski definition) is 1. The molecule has 0 fully saturated rings. The summed E-state index contributed by atoms with van der Waals surface area (Å²) >= 11 is 11.8. The van der Waals surface area contributed by atoms with Gasteiger partial charge in [0, 0.05) is 6.07 Å². The van der Waals surface area contributed by atoms with Crippen LogP contribution in [0.15, 0.2) is 28.8 Å². The van der Waals surface area contributed by atoms with Crippen molar-refractivity contribution in [1.82, 2.24) is 10.5 Å². The van der Waals surface area contributed by atoms with Crippen LogP contribution < -0.4 is 5.32 Å². The molecule has 2 aromatic rings. The zero-order chi connectivity index (χ0) is 17.0. The topological polar surface area (TPSA) is 81.4 Å². The third kappa shape index (κ3) is 4.71. The van der Waals surface area contributed by atoms with Crippen molar-refractivity contribution < 1.29 is 18.8 Å². The molecule has 0 aliphatic rings. The first-order valence-electron chi connectivity index (χ1n) is 6.71. The summed E-state index contributed by atoms with van der Waals surface area (Å²) in [6.07, 6.45) is 0. The van der Waals surface area contributed by atoms with Crippen LogP contribution in [0, 0.1) is 6.92 Å². The Bertz CT molecular complexity index is 730.